The summed E-state index contributed by atoms with van der Waals surface area (Å²) in [6, 6.07) is 0. The van der Waals surface area contributed by atoms with Crippen LogP contribution in [0.2, 0.25) is 0 Å². The second-order valence-electron chi connectivity index (χ2n) is 4.38. The van der Waals surface area contributed by atoms with E-state index in [4.69, 9.17) is 5.11 Å². The molecule has 0 saturated carbocycles. The van der Waals surface area contributed by atoms with Crippen molar-refractivity contribution < 1.29 is 9.90 Å². The number of carbonyl (C=O) groups excluding carboxylic acids is 1. The van der Waals surface area contributed by atoms with Crippen molar-refractivity contribution in [1.82, 2.24) is 4.90 Å². The molecule has 0 aliphatic carbocycles. The van der Waals surface area contributed by atoms with Crippen LogP contribution in [0.5, 0.6) is 0 Å². The largest absolute Gasteiger partial charge is 0.395 e. The minimum atomic E-state index is 0.255. The molecule has 0 aromatic heterocycles. The van der Waals surface area contributed by atoms with Crippen LogP contribution in [0.15, 0.2) is 0 Å². The molecule has 0 rings (SSSR count). The standard InChI is InChI=1S/C9H21NO.C4H8O/c1-4-9(2)5-6-10(3)7-8-11;1-3-4(2)5/h9,11H,4-8H2,1-3H3;3H2,1-2H3. The molecule has 0 amide bonds. The summed E-state index contributed by atoms with van der Waals surface area (Å²) in [5.41, 5.74) is 0. The fourth-order valence-corrected chi connectivity index (χ4v) is 0.927. The first-order chi connectivity index (χ1) is 7.47. The second kappa shape index (κ2) is 12.7. The van der Waals surface area contributed by atoms with Crippen LogP contribution < -0.4 is 0 Å². The molecule has 0 bridgehead atoms. The normalized spacial score (nSPS) is 11.9. The molecule has 1 N–H and O–H groups in total. The zero-order valence-electron chi connectivity index (χ0n) is 11.6. The summed E-state index contributed by atoms with van der Waals surface area (Å²) in [7, 11) is 2.05. The molecule has 0 fully saturated rings. The number of carbonyl (C=O) groups is 1. The third-order valence-corrected chi connectivity index (χ3v) is 2.68. The van der Waals surface area contributed by atoms with E-state index in [2.05, 4.69) is 25.8 Å². The Kier molecular flexibility index (Phi) is 14.2. The van der Waals surface area contributed by atoms with Gasteiger partial charge in [0.1, 0.15) is 5.78 Å². The first kappa shape index (κ1) is 18.0. The predicted octanol–water partition coefficient (Wildman–Crippen LogP) is 2.33. The molecule has 3 heteroatoms. The number of hydrogen-bond acceptors (Lipinski definition) is 3. The summed E-state index contributed by atoms with van der Waals surface area (Å²) < 4.78 is 0. The molecule has 0 spiro atoms. The van der Waals surface area contributed by atoms with Crippen LogP contribution in [-0.2, 0) is 4.79 Å². The molecule has 98 valence electrons. The zero-order valence-corrected chi connectivity index (χ0v) is 11.6. The van der Waals surface area contributed by atoms with E-state index in [0.717, 1.165) is 19.0 Å². The van der Waals surface area contributed by atoms with E-state index in [9.17, 15) is 4.79 Å². The highest BCUT2D eigenvalue weighted by molar-refractivity contribution is 5.74. The van der Waals surface area contributed by atoms with Crippen LogP contribution in [0.3, 0.4) is 0 Å². The Bertz CT molecular complexity index is 160. The highest BCUT2D eigenvalue weighted by Gasteiger charge is 2.01. The van der Waals surface area contributed by atoms with Crippen LogP contribution in [0, 0.1) is 5.92 Å². The number of aliphatic hydroxyl groups excluding tert-OH is 1. The predicted molar refractivity (Wildman–Crippen MR) is 69.6 cm³/mol. The lowest BCUT2D eigenvalue weighted by atomic mass is 10.1. The van der Waals surface area contributed by atoms with Crippen molar-refractivity contribution in [3.63, 3.8) is 0 Å². The van der Waals surface area contributed by atoms with Crippen molar-refractivity contribution in [2.45, 2.75) is 47.0 Å². The number of nitrogens with zero attached hydrogens (tertiary/aromatic N) is 1. The number of rotatable bonds is 7. The van der Waals surface area contributed by atoms with Crippen LogP contribution in [0.25, 0.3) is 0 Å². The lowest BCUT2D eigenvalue weighted by Gasteiger charge is -2.17. The third kappa shape index (κ3) is 16.0. The molecular formula is C13H29NO2. The van der Waals surface area contributed by atoms with Gasteiger partial charge >= 0.3 is 0 Å². The topological polar surface area (TPSA) is 40.5 Å². The number of aliphatic hydroxyl groups is 1. The van der Waals surface area contributed by atoms with Crippen molar-refractivity contribution in [2.24, 2.45) is 5.92 Å². The van der Waals surface area contributed by atoms with Gasteiger partial charge in [-0.2, -0.15) is 0 Å². The van der Waals surface area contributed by atoms with E-state index in [1.165, 1.54) is 12.8 Å². The fourth-order valence-electron chi connectivity index (χ4n) is 0.927. The van der Waals surface area contributed by atoms with Gasteiger partial charge in [-0.05, 0) is 32.9 Å². The van der Waals surface area contributed by atoms with Crippen molar-refractivity contribution in [2.75, 3.05) is 26.7 Å². The molecule has 0 saturated heterocycles. The van der Waals surface area contributed by atoms with Crippen LogP contribution in [0.1, 0.15) is 47.0 Å². The monoisotopic (exact) mass is 231 g/mol. The van der Waals surface area contributed by atoms with E-state index < -0.39 is 0 Å². The lowest BCUT2D eigenvalue weighted by molar-refractivity contribution is -0.116. The van der Waals surface area contributed by atoms with Gasteiger partial charge in [-0.3, -0.25) is 0 Å². The van der Waals surface area contributed by atoms with Crippen LogP contribution in [-0.4, -0.2) is 42.5 Å². The molecule has 0 aliphatic rings. The Hall–Kier alpha value is -0.410. The Labute approximate surface area is 101 Å². The zero-order chi connectivity index (χ0) is 13.0. The Morgan fingerprint density at radius 1 is 1.31 bits per heavy atom. The van der Waals surface area contributed by atoms with Gasteiger partial charge in [-0.1, -0.05) is 27.2 Å². The number of hydrogen-bond donors (Lipinski definition) is 1. The number of Topliss-reactive ketones (excluding diaryl/α,β-unsaturated/α-hetero) is 1. The summed E-state index contributed by atoms with van der Waals surface area (Å²) >= 11 is 0. The summed E-state index contributed by atoms with van der Waals surface area (Å²) in [5, 5.41) is 8.62. The first-order valence-corrected chi connectivity index (χ1v) is 6.26. The number of ketones is 1. The van der Waals surface area contributed by atoms with Gasteiger partial charge in [0.2, 0.25) is 0 Å². The van der Waals surface area contributed by atoms with Gasteiger partial charge < -0.3 is 14.8 Å². The van der Waals surface area contributed by atoms with E-state index >= 15 is 0 Å². The highest BCUT2D eigenvalue weighted by atomic mass is 16.3. The van der Waals surface area contributed by atoms with E-state index in [-0.39, 0.29) is 12.4 Å². The van der Waals surface area contributed by atoms with Gasteiger partial charge in [0.05, 0.1) is 6.61 Å². The second-order valence-corrected chi connectivity index (χ2v) is 4.38. The minimum absolute atomic E-state index is 0.255. The summed E-state index contributed by atoms with van der Waals surface area (Å²) in [5.74, 6) is 1.07. The lowest BCUT2D eigenvalue weighted by Crippen LogP contribution is -2.24. The van der Waals surface area contributed by atoms with Crippen molar-refractivity contribution >= 4 is 5.78 Å². The Morgan fingerprint density at radius 3 is 2.12 bits per heavy atom. The van der Waals surface area contributed by atoms with E-state index in [1.807, 2.05) is 6.92 Å². The van der Waals surface area contributed by atoms with Crippen molar-refractivity contribution in [3.8, 4) is 0 Å². The van der Waals surface area contributed by atoms with Gasteiger partial charge in [0, 0.05) is 13.0 Å². The summed E-state index contributed by atoms with van der Waals surface area (Å²) in [4.78, 5) is 12.0. The summed E-state index contributed by atoms with van der Waals surface area (Å²) in [6.45, 7) is 10.1. The van der Waals surface area contributed by atoms with E-state index in [1.54, 1.807) is 6.92 Å². The molecule has 16 heavy (non-hydrogen) atoms. The van der Waals surface area contributed by atoms with Crippen LogP contribution in [0.4, 0.5) is 0 Å². The molecule has 1 atom stereocenters. The summed E-state index contributed by atoms with van der Waals surface area (Å²) in [6.07, 6.45) is 3.17. The van der Waals surface area contributed by atoms with E-state index in [0.29, 0.717) is 6.42 Å². The molecule has 0 aromatic rings. The average Bonchev–Trinajstić information content (AvgIpc) is 2.27. The SMILES string of the molecule is CCC(C)=O.CCC(C)CCN(C)CCO. The van der Waals surface area contributed by atoms with Gasteiger partial charge in [0.25, 0.3) is 0 Å². The maximum atomic E-state index is 9.81. The van der Waals surface area contributed by atoms with Crippen molar-refractivity contribution in [3.05, 3.63) is 0 Å². The smallest absolute Gasteiger partial charge is 0.129 e. The molecule has 0 radical (unpaired) electrons. The van der Waals surface area contributed by atoms with Crippen molar-refractivity contribution in [1.29, 1.82) is 0 Å². The van der Waals surface area contributed by atoms with Crippen LogP contribution >= 0.6 is 0 Å². The molecule has 0 aromatic carbocycles. The highest BCUT2D eigenvalue weighted by Crippen LogP contribution is 2.06. The maximum absolute atomic E-state index is 9.81. The first-order valence-electron chi connectivity index (χ1n) is 6.26. The minimum Gasteiger partial charge on any atom is -0.395 e. The number of likely N-dealkylation sites (N-methyl/N-ethyl adjacent to an activating group) is 1. The Morgan fingerprint density at radius 2 is 1.81 bits per heavy atom. The Balaban J connectivity index is 0. The quantitative estimate of drug-likeness (QED) is 0.731. The molecule has 0 heterocycles. The molecule has 1 unspecified atom stereocenters. The average molecular weight is 231 g/mol. The maximum Gasteiger partial charge on any atom is 0.129 e. The van der Waals surface area contributed by atoms with Gasteiger partial charge in [-0.15, -0.1) is 0 Å². The molecular weight excluding hydrogens is 202 g/mol. The van der Waals surface area contributed by atoms with Gasteiger partial charge in [-0.25, -0.2) is 0 Å². The molecule has 3 nitrogen and oxygen atoms in total. The third-order valence-electron chi connectivity index (χ3n) is 2.68. The fraction of sp³-hybridized carbons (Fsp3) is 0.923. The van der Waals surface area contributed by atoms with Gasteiger partial charge in [0.15, 0.2) is 0 Å². The molecule has 0 aliphatic heterocycles.